The van der Waals surface area contributed by atoms with Gasteiger partial charge in [0.1, 0.15) is 11.8 Å². The van der Waals surface area contributed by atoms with Crippen molar-refractivity contribution in [2.24, 2.45) is 0 Å². The fraction of sp³-hybridized carbons (Fsp3) is 0.400. The van der Waals surface area contributed by atoms with Crippen LogP contribution in [0.5, 0.6) is 5.75 Å². The van der Waals surface area contributed by atoms with E-state index in [0.717, 1.165) is 30.6 Å². The first-order valence-electron chi connectivity index (χ1n) is 11.1. The average molecular weight is 420 g/mol. The number of ether oxygens (including phenoxy) is 1. The summed E-state index contributed by atoms with van der Waals surface area (Å²) in [4.78, 5) is 19.6. The molecule has 3 aromatic rings. The number of methoxy groups -OCH3 is 1. The van der Waals surface area contributed by atoms with Gasteiger partial charge in [0.15, 0.2) is 0 Å². The maximum Gasteiger partial charge on any atom is 0.254 e. The number of rotatable bonds is 8. The van der Waals surface area contributed by atoms with E-state index in [1.54, 1.807) is 7.11 Å². The number of nitrogens with zero attached hydrogens (tertiary/aromatic N) is 3. The molecule has 162 valence electrons. The van der Waals surface area contributed by atoms with E-state index in [0.29, 0.717) is 23.8 Å². The highest BCUT2D eigenvalue weighted by Gasteiger charge is 2.34. The molecule has 0 spiro atoms. The van der Waals surface area contributed by atoms with Crippen LogP contribution in [0, 0.1) is 0 Å². The summed E-state index contributed by atoms with van der Waals surface area (Å²) in [5, 5.41) is 4.14. The Hall–Kier alpha value is -3.15. The monoisotopic (exact) mass is 419 g/mol. The highest BCUT2D eigenvalue weighted by atomic mass is 16.5. The Balaban J connectivity index is 1.48. The van der Waals surface area contributed by atoms with Crippen LogP contribution in [0.25, 0.3) is 11.4 Å². The van der Waals surface area contributed by atoms with Gasteiger partial charge in [-0.05, 0) is 55.5 Å². The third kappa shape index (κ3) is 4.79. The molecule has 6 nitrogen and oxygen atoms in total. The van der Waals surface area contributed by atoms with E-state index in [9.17, 15) is 4.79 Å². The molecule has 0 N–H and O–H groups in total. The first-order chi connectivity index (χ1) is 15.2. The number of hydrogen-bond acceptors (Lipinski definition) is 5. The number of amides is 1. The number of aromatic nitrogens is 2. The van der Waals surface area contributed by atoms with Gasteiger partial charge in [0.25, 0.3) is 5.91 Å². The van der Waals surface area contributed by atoms with Crippen LogP contribution in [0.4, 0.5) is 0 Å². The van der Waals surface area contributed by atoms with Gasteiger partial charge >= 0.3 is 0 Å². The van der Waals surface area contributed by atoms with E-state index in [4.69, 9.17) is 9.26 Å². The molecule has 2 aromatic carbocycles. The van der Waals surface area contributed by atoms with Gasteiger partial charge in [-0.15, -0.1) is 0 Å². The lowest BCUT2D eigenvalue weighted by molar-refractivity contribution is 0.0710. The van der Waals surface area contributed by atoms with Crippen LogP contribution in [0.1, 0.15) is 66.9 Å². The third-order valence-corrected chi connectivity index (χ3v) is 5.84. The van der Waals surface area contributed by atoms with Gasteiger partial charge in [0.2, 0.25) is 11.7 Å². The number of hydrogen-bond donors (Lipinski definition) is 0. The summed E-state index contributed by atoms with van der Waals surface area (Å²) in [5.74, 6) is 1.74. The van der Waals surface area contributed by atoms with Crippen molar-refractivity contribution in [1.82, 2.24) is 15.0 Å². The SMILES string of the molecule is CCCCCc1ccc(C(=O)N2CCCC2c2nc(-c3cccc(OC)c3)no2)cc1. The van der Waals surface area contributed by atoms with Crippen molar-refractivity contribution in [3.05, 3.63) is 65.5 Å². The highest BCUT2D eigenvalue weighted by Crippen LogP contribution is 2.33. The van der Waals surface area contributed by atoms with E-state index in [1.165, 1.54) is 24.8 Å². The van der Waals surface area contributed by atoms with Gasteiger partial charge < -0.3 is 14.2 Å². The molecule has 31 heavy (non-hydrogen) atoms. The second-order valence-electron chi connectivity index (χ2n) is 8.00. The fourth-order valence-corrected chi connectivity index (χ4v) is 4.08. The average Bonchev–Trinajstić information content (AvgIpc) is 3.49. The minimum Gasteiger partial charge on any atom is -0.497 e. The van der Waals surface area contributed by atoms with Crippen molar-refractivity contribution in [1.29, 1.82) is 0 Å². The Morgan fingerprint density at radius 1 is 1.19 bits per heavy atom. The molecule has 1 aliphatic rings. The lowest BCUT2D eigenvalue weighted by atomic mass is 10.0. The van der Waals surface area contributed by atoms with Crippen LogP contribution in [0.2, 0.25) is 0 Å². The van der Waals surface area contributed by atoms with Gasteiger partial charge in [-0.25, -0.2) is 0 Å². The van der Waals surface area contributed by atoms with E-state index in [2.05, 4.69) is 29.2 Å². The number of carbonyl (C=O) groups excluding carboxylic acids is 1. The molecule has 1 amide bonds. The molecular weight excluding hydrogens is 390 g/mol. The molecule has 1 saturated heterocycles. The molecule has 4 rings (SSSR count). The molecule has 1 fully saturated rings. The first kappa shape index (κ1) is 21.1. The molecule has 0 saturated carbocycles. The van der Waals surface area contributed by atoms with Gasteiger partial charge in [-0.3, -0.25) is 4.79 Å². The Kier molecular flexibility index (Phi) is 6.65. The van der Waals surface area contributed by atoms with Crippen molar-refractivity contribution < 1.29 is 14.1 Å². The normalized spacial score (nSPS) is 15.9. The van der Waals surface area contributed by atoms with E-state index < -0.39 is 0 Å². The Labute approximate surface area is 183 Å². The molecule has 2 heterocycles. The third-order valence-electron chi connectivity index (χ3n) is 5.84. The van der Waals surface area contributed by atoms with Gasteiger partial charge in [0, 0.05) is 17.7 Å². The van der Waals surface area contributed by atoms with Crippen molar-refractivity contribution in [3.8, 4) is 17.1 Å². The maximum atomic E-state index is 13.2. The zero-order valence-electron chi connectivity index (χ0n) is 18.2. The summed E-state index contributed by atoms with van der Waals surface area (Å²) in [7, 11) is 1.63. The molecule has 0 radical (unpaired) electrons. The molecular formula is C25H29N3O3. The van der Waals surface area contributed by atoms with E-state index in [-0.39, 0.29) is 11.9 Å². The van der Waals surface area contributed by atoms with Crippen LogP contribution in [-0.2, 0) is 6.42 Å². The zero-order chi connectivity index (χ0) is 21.6. The summed E-state index contributed by atoms with van der Waals surface area (Å²) >= 11 is 0. The van der Waals surface area contributed by atoms with E-state index >= 15 is 0 Å². The Morgan fingerprint density at radius 3 is 2.81 bits per heavy atom. The minimum atomic E-state index is -0.191. The largest absolute Gasteiger partial charge is 0.497 e. The number of unbranched alkanes of at least 4 members (excludes halogenated alkanes) is 2. The predicted octanol–water partition coefficient (Wildman–Crippen LogP) is 5.46. The van der Waals surface area contributed by atoms with Crippen LogP contribution >= 0.6 is 0 Å². The molecule has 1 unspecified atom stereocenters. The van der Waals surface area contributed by atoms with Crippen molar-refractivity contribution >= 4 is 5.91 Å². The predicted molar refractivity (Wildman–Crippen MR) is 119 cm³/mol. The van der Waals surface area contributed by atoms with Crippen LogP contribution in [0.15, 0.2) is 53.1 Å². The van der Waals surface area contributed by atoms with E-state index in [1.807, 2.05) is 41.3 Å². The smallest absolute Gasteiger partial charge is 0.254 e. The summed E-state index contributed by atoms with van der Waals surface area (Å²) in [6, 6.07) is 15.4. The molecule has 0 aliphatic carbocycles. The molecule has 1 aromatic heterocycles. The zero-order valence-corrected chi connectivity index (χ0v) is 18.2. The number of likely N-dealkylation sites (tertiary alicyclic amines) is 1. The summed E-state index contributed by atoms with van der Waals surface area (Å²) in [5.41, 5.74) is 2.81. The Bertz CT molecular complexity index is 1010. The second-order valence-corrected chi connectivity index (χ2v) is 8.00. The number of carbonyl (C=O) groups is 1. The molecule has 1 atom stereocenters. The van der Waals surface area contributed by atoms with Crippen molar-refractivity contribution in [3.63, 3.8) is 0 Å². The number of benzene rings is 2. The summed E-state index contributed by atoms with van der Waals surface area (Å²) in [6.07, 6.45) is 6.43. The maximum absolute atomic E-state index is 13.2. The molecule has 1 aliphatic heterocycles. The van der Waals surface area contributed by atoms with Crippen molar-refractivity contribution in [2.45, 2.75) is 51.5 Å². The van der Waals surface area contributed by atoms with Crippen molar-refractivity contribution in [2.75, 3.05) is 13.7 Å². The summed E-state index contributed by atoms with van der Waals surface area (Å²) < 4.78 is 10.8. The minimum absolute atomic E-state index is 0.0174. The van der Waals surface area contributed by atoms with Gasteiger partial charge in [-0.2, -0.15) is 4.98 Å². The van der Waals surface area contributed by atoms with Gasteiger partial charge in [-0.1, -0.05) is 49.2 Å². The Morgan fingerprint density at radius 2 is 2.03 bits per heavy atom. The molecule has 6 heteroatoms. The van der Waals surface area contributed by atoms with Crippen LogP contribution < -0.4 is 4.74 Å². The topological polar surface area (TPSA) is 68.5 Å². The first-order valence-corrected chi connectivity index (χ1v) is 11.1. The van der Waals surface area contributed by atoms with Crippen LogP contribution in [-0.4, -0.2) is 34.6 Å². The second kappa shape index (κ2) is 9.77. The highest BCUT2D eigenvalue weighted by molar-refractivity contribution is 5.94. The number of aryl methyl sites for hydroxylation is 1. The quantitative estimate of drug-likeness (QED) is 0.454. The lowest BCUT2D eigenvalue weighted by Crippen LogP contribution is -2.30. The standard InChI is InChI=1S/C25H29N3O3/c1-3-4-5-8-18-12-14-19(15-13-18)25(29)28-16-7-11-22(28)24-26-23(27-31-24)20-9-6-10-21(17-20)30-2/h6,9-10,12-15,17,22H,3-5,7-8,11,16H2,1-2H3. The van der Waals surface area contributed by atoms with Crippen LogP contribution in [0.3, 0.4) is 0 Å². The summed E-state index contributed by atoms with van der Waals surface area (Å²) in [6.45, 7) is 2.90. The fourth-order valence-electron chi connectivity index (χ4n) is 4.08. The lowest BCUT2D eigenvalue weighted by Gasteiger charge is -2.22. The molecule has 0 bridgehead atoms. The van der Waals surface area contributed by atoms with Gasteiger partial charge in [0.05, 0.1) is 7.11 Å².